The van der Waals surface area contributed by atoms with Crippen LogP contribution in [0.5, 0.6) is 5.75 Å². The molecule has 1 aliphatic heterocycles. The molecule has 1 aliphatic rings. The van der Waals surface area contributed by atoms with Gasteiger partial charge in [-0.05, 0) is 12.1 Å². The maximum atomic E-state index is 11.3. The predicted octanol–water partition coefficient (Wildman–Crippen LogP) is 1.96. The standard InChI is InChI=1S/C9H9NO2.C4H8O2/c11-7-3-1-2-6-9(7)8(12)4-5-10-6;1-3-4(5)6-2/h1-3,10-11H,4-5H2;3H2,1-2H3. The highest BCUT2D eigenvalue weighted by Gasteiger charge is 2.19. The number of Topliss-reactive ketones (excluding diaryl/α,β-unsaturated/α-hetero) is 1. The van der Waals surface area contributed by atoms with E-state index in [-0.39, 0.29) is 17.5 Å². The van der Waals surface area contributed by atoms with Crippen LogP contribution >= 0.6 is 0 Å². The van der Waals surface area contributed by atoms with Crippen LogP contribution in [-0.2, 0) is 9.53 Å². The molecule has 1 heterocycles. The number of benzene rings is 1. The number of carbonyl (C=O) groups is 2. The second kappa shape index (κ2) is 6.64. The van der Waals surface area contributed by atoms with E-state index in [2.05, 4.69) is 10.1 Å². The number of methoxy groups -OCH3 is 1. The first-order valence-corrected chi connectivity index (χ1v) is 5.76. The number of aromatic hydroxyl groups is 1. The Morgan fingerprint density at radius 3 is 2.72 bits per heavy atom. The molecule has 2 rings (SSSR count). The lowest BCUT2D eigenvalue weighted by molar-refractivity contribution is -0.140. The Morgan fingerprint density at radius 1 is 1.50 bits per heavy atom. The van der Waals surface area contributed by atoms with Gasteiger partial charge in [-0.2, -0.15) is 0 Å². The number of anilines is 1. The van der Waals surface area contributed by atoms with Crippen molar-refractivity contribution in [2.45, 2.75) is 19.8 Å². The van der Waals surface area contributed by atoms with Gasteiger partial charge < -0.3 is 15.2 Å². The third-order valence-corrected chi connectivity index (χ3v) is 2.51. The number of phenolic OH excluding ortho intramolecular Hbond substituents is 1. The maximum absolute atomic E-state index is 11.3. The van der Waals surface area contributed by atoms with Crippen LogP contribution in [-0.4, -0.2) is 30.5 Å². The van der Waals surface area contributed by atoms with Crippen molar-refractivity contribution in [2.75, 3.05) is 19.0 Å². The van der Waals surface area contributed by atoms with Crippen LogP contribution < -0.4 is 5.32 Å². The molecule has 0 saturated carbocycles. The highest BCUT2D eigenvalue weighted by Crippen LogP contribution is 2.29. The summed E-state index contributed by atoms with van der Waals surface area (Å²) in [5.74, 6) is -0.0680. The average molecular weight is 251 g/mol. The quantitative estimate of drug-likeness (QED) is 0.746. The summed E-state index contributed by atoms with van der Waals surface area (Å²) in [6.07, 6.45) is 0.932. The topological polar surface area (TPSA) is 75.6 Å². The number of esters is 1. The molecule has 1 aromatic carbocycles. The molecule has 5 nitrogen and oxygen atoms in total. The van der Waals surface area contributed by atoms with Crippen molar-refractivity contribution in [2.24, 2.45) is 0 Å². The van der Waals surface area contributed by atoms with E-state index in [9.17, 15) is 14.7 Å². The monoisotopic (exact) mass is 251 g/mol. The molecular formula is C13H17NO4. The van der Waals surface area contributed by atoms with Crippen molar-refractivity contribution >= 4 is 17.4 Å². The molecule has 0 spiro atoms. The summed E-state index contributed by atoms with van der Waals surface area (Å²) in [6.45, 7) is 2.42. The average Bonchev–Trinajstić information content (AvgIpc) is 2.39. The minimum absolute atomic E-state index is 0.0156. The van der Waals surface area contributed by atoms with Crippen molar-refractivity contribution in [1.29, 1.82) is 0 Å². The number of hydrogen-bond acceptors (Lipinski definition) is 5. The maximum Gasteiger partial charge on any atom is 0.305 e. The molecular weight excluding hydrogens is 234 g/mol. The van der Waals surface area contributed by atoms with Gasteiger partial charge in [0.25, 0.3) is 0 Å². The highest BCUT2D eigenvalue weighted by atomic mass is 16.5. The number of rotatable bonds is 1. The Hall–Kier alpha value is -2.04. The lowest BCUT2D eigenvalue weighted by Crippen LogP contribution is -2.17. The molecule has 0 atom stereocenters. The lowest BCUT2D eigenvalue weighted by Gasteiger charge is -2.17. The summed E-state index contributed by atoms with van der Waals surface area (Å²) in [7, 11) is 1.38. The van der Waals surface area contributed by atoms with Gasteiger partial charge in [0.2, 0.25) is 0 Å². The summed E-state index contributed by atoms with van der Waals surface area (Å²) in [5.41, 5.74) is 1.18. The molecule has 0 radical (unpaired) electrons. The van der Waals surface area contributed by atoms with E-state index in [0.29, 0.717) is 24.9 Å². The van der Waals surface area contributed by atoms with Gasteiger partial charge in [-0.25, -0.2) is 0 Å². The Kier molecular flexibility index (Phi) is 5.17. The third-order valence-electron chi connectivity index (χ3n) is 2.51. The van der Waals surface area contributed by atoms with Gasteiger partial charge >= 0.3 is 5.97 Å². The van der Waals surface area contributed by atoms with E-state index in [1.807, 2.05) is 0 Å². The van der Waals surface area contributed by atoms with Crippen molar-refractivity contribution in [3.05, 3.63) is 23.8 Å². The molecule has 0 unspecified atom stereocenters. The van der Waals surface area contributed by atoms with E-state index in [4.69, 9.17) is 0 Å². The van der Waals surface area contributed by atoms with Gasteiger partial charge in [0.1, 0.15) is 5.75 Å². The summed E-state index contributed by atoms with van der Waals surface area (Å²) < 4.78 is 4.26. The number of hydrogen-bond donors (Lipinski definition) is 2. The normalized spacial score (nSPS) is 12.7. The summed E-state index contributed by atoms with van der Waals surface area (Å²) >= 11 is 0. The Balaban J connectivity index is 0.000000232. The van der Waals surface area contributed by atoms with Crippen LogP contribution in [0, 0.1) is 0 Å². The smallest absolute Gasteiger partial charge is 0.305 e. The molecule has 98 valence electrons. The van der Waals surface area contributed by atoms with Crippen LogP contribution in [0.2, 0.25) is 0 Å². The molecule has 0 saturated heterocycles. The van der Waals surface area contributed by atoms with Crippen molar-refractivity contribution in [3.63, 3.8) is 0 Å². The molecule has 2 N–H and O–H groups in total. The van der Waals surface area contributed by atoms with Crippen LogP contribution in [0.25, 0.3) is 0 Å². The first-order valence-electron chi connectivity index (χ1n) is 5.76. The number of ketones is 1. The summed E-state index contributed by atoms with van der Waals surface area (Å²) in [5, 5.41) is 12.4. The molecule has 0 amide bonds. The molecule has 5 heteroatoms. The van der Waals surface area contributed by atoms with E-state index >= 15 is 0 Å². The molecule has 0 bridgehead atoms. The molecule has 0 aliphatic carbocycles. The van der Waals surface area contributed by atoms with E-state index in [1.165, 1.54) is 13.2 Å². The number of nitrogens with one attached hydrogen (secondary N) is 1. The van der Waals surface area contributed by atoms with Gasteiger partial charge in [0.05, 0.1) is 12.7 Å². The SMILES string of the molecule is CCC(=O)OC.O=C1CCNc2cccc(O)c21. The second-order valence-corrected chi connectivity index (χ2v) is 3.73. The Bertz CT molecular complexity index is 437. The predicted molar refractivity (Wildman–Crippen MR) is 67.9 cm³/mol. The highest BCUT2D eigenvalue weighted by molar-refractivity contribution is 6.05. The van der Waals surface area contributed by atoms with Crippen molar-refractivity contribution in [1.82, 2.24) is 0 Å². The van der Waals surface area contributed by atoms with Crippen LogP contribution in [0.3, 0.4) is 0 Å². The molecule has 1 aromatic rings. The zero-order valence-electron chi connectivity index (χ0n) is 10.5. The number of fused-ring (bicyclic) bond motifs is 1. The molecule has 18 heavy (non-hydrogen) atoms. The molecule has 0 aromatic heterocycles. The van der Waals surface area contributed by atoms with Crippen LogP contribution in [0.1, 0.15) is 30.1 Å². The van der Waals surface area contributed by atoms with Gasteiger partial charge in [0, 0.05) is 25.1 Å². The van der Waals surface area contributed by atoms with Gasteiger partial charge in [-0.1, -0.05) is 13.0 Å². The minimum Gasteiger partial charge on any atom is -0.507 e. The second-order valence-electron chi connectivity index (χ2n) is 3.73. The Morgan fingerprint density at radius 2 is 2.22 bits per heavy atom. The summed E-state index contributed by atoms with van der Waals surface area (Å²) in [4.78, 5) is 21.3. The van der Waals surface area contributed by atoms with Crippen molar-refractivity contribution < 1.29 is 19.4 Å². The molecule has 0 fully saturated rings. The fourth-order valence-corrected chi connectivity index (χ4v) is 1.56. The largest absolute Gasteiger partial charge is 0.507 e. The van der Waals surface area contributed by atoms with E-state index < -0.39 is 0 Å². The zero-order chi connectivity index (χ0) is 13.5. The first kappa shape index (κ1) is 14.0. The zero-order valence-corrected chi connectivity index (χ0v) is 10.5. The number of phenols is 1. The fourth-order valence-electron chi connectivity index (χ4n) is 1.56. The third kappa shape index (κ3) is 3.48. The Labute approximate surface area is 106 Å². The van der Waals surface area contributed by atoms with Crippen LogP contribution in [0.4, 0.5) is 5.69 Å². The minimum atomic E-state index is -0.157. The first-order chi connectivity index (χ1) is 8.60. The lowest BCUT2D eigenvalue weighted by atomic mass is 10.0. The van der Waals surface area contributed by atoms with Crippen LogP contribution in [0.15, 0.2) is 18.2 Å². The van der Waals surface area contributed by atoms with Gasteiger partial charge in [-0.15, -0.1) is 0 Å². The fraction of sp³-hybridized carbons (Fsp3) is 0.385. The van der Waals surface area contributed by atoms with E-state index in [1.54, 1.807) is 19.1 Å². The number of ether oxygens (including phenoxy) is 1. The van der Waals surface area contributed by atoms with E-state index in [0.717, 1.165) is 5.69 Å². The van der Waals surface area contributed by atoms with Crippen molar-refractivity contribution in [3.8, 4) is 5.75 Å². The van der Waals surface area contributed by atoms with Gasteiger partial charge in [0.15, 0.2) is 5.78 Å². The number of carbonyl (C=O) groups excluding carboxylic acids is 2. The summed E-state index contributed by atoms with van der Waals surface area (Å²) in [6, 6.07) is 5.05. The van der Waals surface area contributed by atoms with Gasteiger partial charge in [-0.3, -0.25) is 9.59 Å².